The molecule has 0 aliphatic carbocycles. The molecule has 0 saturated carbocycles. The molecule has 1 amide bonds. The van der Waals surface area contributed by atoms with Gasteiger partial charge in [0.25, 0.3) is 5.91 Å². The lowest BCUT2D eigenvalue weighted by Crippen LogP contribution is -2.22. The lowest BCUT2D eigenvalue weighted by Gasteiger charge is -2.03. The van der Waals surface area contributed by atoms with Crippen molar-refractivity contribution in [3.63, 3.8) is 0 Å². The van der Waals surface area contributed by atoms with Crippen molar-refractivity contribution in [1.29, 1.82) is 0 Å². The molecule has 0 saturated heterocycles. The summed E-state index contributed by atoms with van der Waals surface area (Å²) >= 11 is 5.89. The van der Waals surface area contributed by atoms with Gasteiger partial charge in [0.2, 0.25) is 0 Å². The van der Waals surface area contributed by atoms with Gasteiger partial charge in [-0.05, 0) is 42.8 Å². The summed E-state index contributed by atoms with van der Waals surface area (Å²) in [5.41, 5.74) is 2.49. The zero-order valence-corrected chi connectivity index (χ0v) is 13.4. The Labute approximate surface area is 139 Å². The van der Waals surface area contributed by atoms with Crippen molar-refractivity contribution in [3.05, 3.63) is 82.6 Å². The van der Waals surface area contributed by atoms with Gasteiger partial charge in [-0.3, -0.25) is 4.79 Å². The van der Waals surface area contributed by atoms with Crippen molar-refractivity contribution in [2.24, 2.45) is 0 Å². The van der Waals surface area contributed by atoms with Gasteiger partial charge in [-0.1, -0.05) is 41.9 Å². The maximum atomic E-state index is 12.3. The molecule has 0 atom stereocenters. The normalized spacial score (nSPS) is 10.5. The molecule has 0 spiro atoms. The van der Waals surface area contributed by atoms with Crippen LogP contribution in [-0.4, -0.2) is 5.91 Å². The van der Waals surface area contributed by atoms with Crippen molar-refractivity contribution < 1.29 is 9.21 Å². The van der Waals surface area contributed by atoms with Gasteiger partial charge in [0.15, 0.2) is 0 Å². The zero-order chi connectivity index (χ0) is 16.2. The van der Waals surface area contributed by atoms with Crippen LogP contribution in [0.4, 0.5) is 0 Å². The Morgan fingerprint density at radius 2 is 1.78 bits per heavy atom. The van der Waals surface area contributed by atoms with Gasteiger partial charge in [0, 0.05) is 17.1 Å². The summed E-state index contributed by atoms with van der Waals surface area (Å²) in [6.07, 6.45) is 0. The molecule has 1 heterocycles. The second-order valence-electron chi connectivity index (χ2n) is 5.26. The van der Waals surface area contributed by atoms with E-state index in [-0.39, 0.29) is 5.91 Å². The Kier molecular flexibility index (Phi) is 4.49. The smallest absolute Gasteiger partial charge is 0.255 e. The largest absolute Gasteiger partial charge is 0.461 e. The lowest BCUT2D eigenvalue weighted by atomic mass is 10.1. The molecule has 0 fully saturated rings. The third kappa shape index (κ3) is 3.63. The molecule has 3 nitrogen and oxygen atoms in total. The third-order valence-corrected chi connectivity index (χ3v) is 3.84. The highest BCUT2D eigenvalue weighted by molar-refractivity contribution is 6.30. The number of furan rings is 1. The number of nitrogens with one attached hydrogen (secondary N) is 1. The number of carbonyl (C=O) groups excluding carboxylic acids is 1. The fourth-order valence-electron chi connectivity index (χ4n) is 2.34. The minimum Gasteiger partial charge on any atom is -0.461 e. The number of carbonyl (C=O) groups is 1. The number of rotatable bonds is 4. The van der Waals surface area contributed by atoms with E-state index in [2.05, 4.69) is 5.32 Å². The molecule has 2 aromatic carbocycles. The first-order chi connectivity index (χ1) is 11.1. The second-order valence-corrected chi connectivity index (χ2v) is 5.69. The Bertz CT molecular complexity index is 807. The van der Waals surface area contributed by atoms with Crippen molar-refractivity contribution in [2.45, 2.75) is 13.5 Å². The van der Waals surface area contributed by atoms with Gasteiger partial charge in [0.05, 0.1) is 5.56 Å². The number of aryl methyl sites for hydroxylation is 1. The molecule has 3 aromatic rings. The summed E-state index contributed by atoms with van der Waals surface area (Å²) in [7, 11) is 0. The van der Waals surface area contributed by atoms with Crippen molar-refractivity contribution in [3.8, 4) is 11.3 Å². The van der Waals surface area contributed by atoms with Gasteiger partial charge in [-0.15, -0.1) is 0 Å². The van der Waals surface area contributed by atoms with Gasteiger partial charge < -0.3 is 9.73 Å². The van der Waals surface area contributed by atoms with Gasteiger partial charge in [0.1, 0.15) is 11.5 Å². The van der Waals surface area contributed by atoms with Crippen LogP contribution in [0.15, 0.2) is 65.1 Å². The molecule has 3 rings (SSSR count). The molecular weight excluding hydrogens is 310 g/mol. The van der Waals surface area contributed by atoms with Crippen molar-refractivity contribution >= 4 is 17.5 Å². The van der Waals surface area contributed by atoms with Crippen LogP contribution in [0, 0.1) is 6.92 Å². The van der Waals surface area contributed by atoms with Crippen LogP contribution >= 0.6 is 11.6 Å². The molecule has 0 bridgehead atoms. The summed E-state index contributed by atoms with van der Waals surface area (Å²) < 4.78 is 5.71. The molecule has 4 heteroatoms. The standard InChI is InChI=1S/C19H16ClNO2/c1-13-17(19(22)21-12-14-5-3-2-4-6-14)11-18(23-13)15-7-9-16(20)10-8-15/h2-11H,12H2,1H3,(H,21,22). The third-order valence-electron chi connectivity index (χ3n) is 3.59. The van der Waals surface area contributed by atoms with E-state index in [4.69, 9.17) is 16.0 Å². The minimum atomic E-state index is -0.143. The highest BCUT2D eigenvalue weighted by atomic mass is 35.5. The van der Waals surface area contributed by atoms with E-state index >= 15 is 0 Å². The molecule has 0 aliphatic rings. The van der Waals surface area contributed by atoms with Crippen molar-refractivity contribution in [1.82, 2.24) is 5.32 Å². The van der Waals surface area contributed by atoms with Crippen LogP contribution in [0.25, 0.3) is 11.3 Å². The lowest BCUT2D eigenvalue weighted by molar-refractivity contribution is 0.0949. The maximum Gasteiger partial charge on any atom is 0.255 e. The Balaban J connectivity index is 1.75. The van der Waals surface area contributed by atoms with E-state index in [1.165, 1.54) is 0 Å². The van der Waals surface area contributed by atoms with Crippen LogP contribution in [0.2, 0.25) is 5.02 Å². The fraction of sp³-hybridized carbons (Fsp3) is 0.105. The predicted molar refractivity (Wildman–Crippen MR) is 91.5 cm³/mol. The highest BCUT2D eigenvalue weighted by Crippen LogP contribution is 2.26. The summed E-state index contributed by atoms with van der Waals surface area (Å²) in [6, 6.07) is 18.9. The van der Waals surface area contributed by atoms with Gasteiger partial charge in [-0.2, -0.15) is 0 Å². The summed E-state index contributed by atoms with van der Waals surface area (Å²) in [5.74, 6) is 1.11. The SMILES string of the molecule is Cc1oc(-c2ccc(Cl)cc2)cc1C(=O)NCc1ccccc1. The Hall–Kier alpha value is -2.52. The van der Waals surface area contributed by atoms with E-state index in [0.29, 0.717) is 28.7 Å². The molecule has 0 unspecified atom stereocenters. The first-order valence-electron chi connectivity index (χ1n) is 7.32. The summed E-state index contributed by atoms with van der Waals surface area (Å²) in [4.78, 5) is 12.3. The molecule has 0 radical (unpaired) electrons. The predicted octanol–water partition coefficient (Wildman–Crippen LogP) is 4.84. The average molecular weight is 326 g/mol. The number of halogens is 1. The zero-order valence-electron chi connectivity index (χ0n) is 12.7. The fourth-order valence-corrected chi connectivity index (χ4v) is 2.46. The summed E-state index contributed by atoms with van der Waals surface area (Å²) in [5, 5.41) is 3.57. The van der Waals surface area contributed by atoms with E-state index in [1.54, 1.807) is 25.1 Å². The quantitative estimate of drug-likeness (QED) is 0.746. The van der Waals surface area contributed by atoms with E-state index in [1.807, 2.05) is 42.5 Å². The van der Waals surface area contributed by atoms with Crippen LogP contribution in [0.1, 0.15) is 21.7 Å². The van der Waals surface area contributed by atoms with E-state index in [0.717, 1.165) is 11.1 Å². The van der Waals surface area contributed by atoms with Crippen LogP contribution in [0.3, 0.4) is 0 Å². The highest BCUT2D eigenvalue weighted by Gasteiger charge is 2.15. The summed E-state index contributed by atoms with van der Waals surface area (Å²) in [6.45, 7) is 2.28. The van der Waals surface area contributed by atoms with E-state index < -0.39 is 0 Å². The monoisotopic (exact) mass is 325 g/mol. The van der Waals surface area contributed by atoms with Crippen LogP contribution < -0.4 is 5.32 Å². The minimum absolute atomic E-state index is 0.143. The number of benzene rings is 2. The van der Waals surface area contributed by atoms with Gasteiger partial charge in [-0.25, -0.2) is 0 Å². The molecule has 23 heavy (non-hydrogen) atoms. The molecule has 0 aliphatic heterocycles. The molecular formula is C19H16ClNO2. The number of hydrogen-bond acceptors (Lipinski definition) is 2. The Morgan fingerprint density at radius 3 is 2.48 bits per heavy atom. The average Bonchev–Trinajstić information content (AvgIpc) is 2.96. The van der Waals surface area contributed by atoms with Crippen LogP contribution in [-0.2, 0) is 6.54 Å². The van der Waals surface area contributed by atoms with Crippen molar-refractivity contribution in [2.75, 3.05) is 0 Å². The maximum absolute atomic E-state index is 12.3. The Morgan fingerprint density at radius 1 is 1.09 bits per heavy atom. The second kappa shape index (κ2) is 6.71. The topological polar surface area (TPSA) is 42.2 Å². The van der Waals surface area contributed by atoms with Crippen LogP contribution in [0.5, 0.6) is 0 Å². The first-order valence-corrected chi connectivity index (χ1v) is 7.70. The molecule has 116 valence electrons. The number of amides is 1. The van der Waals surface area contributed by atoms with Gasteiger partial charge >= 0.3 is 0 Å². The molecule has 1 aromatic heterocycles. The number of hydrogen-bond donors (Lipinski definition) is 1. The first kappa shape index (κ1) is 15.4. The molecule has 1 N–H and O–H groups in total. The van der Waals surface area contributed by atoms with E-state index in [9.17, 15) is 4.79 Å².